The number of ether oxygens (including phenoxy) is 1. The van der Waals surface area contributed by atoms with Crippen LogP contribution in [0.25, 0.3) is 0 Å². The number of amidine groups is 1. The average Bonchev–Trinajstić information content (AvgIpc) is 2.26. The molecule has 0 atom stereocenters. The molecule has 0 spiro atoms. The van der Waals surface area contributed by atoms with Crippen LogP contribution in [0, 0.1) is 12.3 Å². The largest absolute Gasteiger partial charge is 0.384 e. The number of rotatable bonds is 7. The van der Waals surface area contributed by atoms with Gasteiger partial charge in [0.25, 0.3) is 0 Å². The second kappa shape index (κ2) is 6.71. The molecule has 0 aromatic heterocycles. The molecule has 0 aliphatic heterocycles. The summed E-state index contributed by atoms with van der Waals surface area (Å²) in [5, 5.41) is 7.54. The number of benzene rings is 1. The summed E-state index contributed by atoms with van der Waals surface area (Å²) in [6.45, 7) is 5.58. The second-order valence-electron chi connectivity index (χ2n) is 4.75. The minimum absolute atomic E-state index is 0.0167. The van der Waals surface area contributed by atoms with Crippen molar-refractivity contribution in [1.82, 2.24) is 0 Å². The predicted molar refractivity (Wildman–Crippen MR) is 80.7 cm³/mol. The zero-order valence-electron chi connectivity index (χ0n) is 11.9. The van der Waals surface area contributed by atoms with Gasteiger partial charge in [-0.2, -0.15) is 0 Å². The first-order chi connectivity index (χ1) is 9.23. The number of nitrogen functional groups attached to an aromatic ring is 1. The van der Waals surface area contributed by atoms with E-state index in [0.29, 0.717) is 11.3 Å². The van der Waals surface area contributed by atoms with E-state index in [4.69, 9.17) is 15.9 Å². The number of hydrogen-bond donors (Lipinski definition) is 3. The van der Waals surface area contributed by atoms with E-state index in [1.807, 2.05) is 13.8 Å². The number of nitrogens with one attached hydrogen (secondary N) is 2. The van der Waals surface area contributed by atoms with Gasteiger partial charge in [0.05, 0.1) is 24.2 Å². The van der Waals surface area contributed by atoms with Crippen molar-refractivity contribution in [2.75, 3.05) is 17.1 Å². The van der Waals surface area contributed by atoms with Gasteiger partial charge < -0.3 is 10.5 Å². The Bertz CT molecular complexity index is 583. The van der Waals surface area contributed by atoms with Crippen LogP contribution in [0.4, 0.5) is 5.69 Å². The molecule has 7 heteroatoms. The third-order valence-corrected chi connectivity index (χ3v) is 3.85. The average molecular weight is 299 g/mol. The van der Waals surface area contributed by atoms with E-state index >= 15 is 0 Å². The molecular weight excluding hydrogens is 278 g/mol. The molecule has 0 amide bonds. The molecule has 112 valence electrons. The van der Waals surface area contributed by atoms with Crippen LogP contribution in [0.2, 0.25) is 0 Å². The van der Waals surface area contributed by atoms with Crippen LogP contribution in [0.3, 0.4) is 0 Å². The molecule has 6 nitrogen and oxygen atoms in total. The summed E-state index contributed by atoms with van der Waals surface area (Å²) in [6.07, 6.45) is -0.0167. The number of hydrogen-bond acceptors (Lipinski definition) is 4. The summed E-state index contributed by atoms with van der Waals surface area (Å²) in [7, 11) is -3.53. The normalized spacial score (nSPS) is 11.6. The van der Waals surface area contributed by atoms with Gasteiger partial charge in [-0.1, -0.05) is 12.1 Å². The fourth-order valence-electron chi connectivity index (χ4n) is 1.72. The van der Waals surface area contributed by atoms with Crippen molar-refractivity contribution < 1.29 is 13.2 Å². The second-order valence-corrected chi connectivity index (χ2v) is 6.59. The predicted octanol–water partition coefficient (Wildman–Crippen LogP) is 1.45. The van der Waals surface area contributed by atoms with Crippen molar-refractivity contribution in [3.05, 3.63) is 29.3 Å². The number of anilines is 1. The first kappa shape index (κ1) is 16.5. The molecule has 1 aromatic rings. The summed E-state index contributed by atoms with van der Waals surface area (Å²) >= 11 is 0. The Morgan fingerprint density at radius 1 is 1.45 bits per heavy atom. The molecule has 0 saturated carbocycles. The minimum Gasteiger partial charge on any atom is -0.384 e. The van der Waals surface area contributed by atoms with Gasteiger partial charge in [-0.25, -0.2) is 8.42 Å². The SMILES string of the molecule is Cc1cccc(NS(=O)(=O)CCOC(C)C)c1C(=N)N. The summed E-state index contributed by atoms with van der Waals surface area (Å²) in [4.78, 5) is 0. The Morgan fingerprint density at radius 2 is 2.10 bits per heavy atom. The molecule has 0 radical (unpaired) electrons. The van der Waals surface area contributed by atoms with Gasteiger partial charge in [-0.15, -0.1) is 0 Å². The zero-order chi connectivity index (χ0) is 15.3. The lowest BCUT2D eigenvalue weighted by Gasteiger charge is -2.14. The monoisotopic (exact) mass is 299 g/mol. The van der Waals surface area contributed by atoms with Gasteiger partial charge in [-0.3, -0.25) is 10.1 Å². The Kier molecular flexibility index (Phi) is 5.52. The van der Waals surface area contributed by atoms with Gasteiger partial charge in [0.2, 0.25) is 10.0 Å². The third-order valence-electron chi connectivity index (χ3n) is 2.61. The Hall–Kier alpha value is -1.60. The minimum atomic E-state index is -3.53. The lowest BCUT2D eigenvalue weighted by Crippen LogP contribution is -2.24. The standard InChI is InChI=1S/C13H21N3O3S/c1-9(2)19-7-8-20(17,18)16-11-6-4-5-10(3)12(11)13(14)15/h4-6,9,16H,7-8H2,1-3H3,(H3,14,15). The smallest absolute Gasteiger partial charge is 0.235 e. The van der Waals surface area contributed by atoms with Crippen LogP contribution in [0.1, 0.15) is 25.0 Å². The molecule has 0 aliphatic rings. The number of nitrogens with two attached hydrogens (primary N) is 1. The molecule has 0 unspecified atom stereocenters. The lowest BCUT2D eigenvalue weighted by molar-refractivity contribution is 0.0913. The Balaban J connectivity index is 2.87. The van der Waals surface area contributed by atoms with Gasteiger partial charge in [-0.05, 0) is 32.4 Å². The molecular formula is C13H21N3O3S. The molecule has 1 rings (SSSR count). The summed E-state index contributed by atoms with van der Waals surface area (Å²) in [5.41, 5.74) is 6.97. The van der Waals surface area contributed by atoms with E-state index in [9.17, 15) is 8.42 Å². The fourth-order valence-corrected chi connectivity index (χ4v) is 2.65. The highest BCUT2D eigenvalue weighted by molar-refractivity contribution is 7.92. The van der Waals surface area contributed by atoms with Crippen LogP contribution < -0.4 is 10.5 Å². The van der Waals surface area contributed by atoms with Gasteiger partial charge in [0.15, 0.2) is 0 Å². The van der Waals surface area contributed by atoms with Crippen molar-refractivity contribution in [3.63, 3.8) is 0 Å². The van der Waals surface area contributed by atoms with Crippen LogP contribution >= 0.6 is 0 Å². The molecule has 0 heterocycles. The highest BCUT2D eigenvalue weighted by atomic mass is 32.2. The molecule has 0 fully saturated rings. The summed E-state index contributed by atoms with van der Waals surface area (Å²) in [5.74, 6) is -0.310. The molecule has 0 bridgehead atoms. The van der Waals surface area contributed by atoms with Crippen molar-refractivity contribution in [3.8, 4) is 0 Å². The summed E-state index contributed by atoms with van der Waals surface area (Å²) in [6, 6.07) is 5.07. The molecule has 0 saturated heterocycles. The number of sulfonamides is 1. The molecule has 20 heavy (non-hydrogen) atoms. The van der Waals surface area contributed by atoms with E-state index in [1.54, 1.807) is 25.1 Å². The highest BCUT2D eigenvalue weighted by Crippen LogP contribution is 2.20. The van der Waals surface area contributed by atoms with Crippen molar-refractivity contribution >= 4 is 21.5 Å². The molecule has 4 N–H and O–H groups in total. The van der Waals surface area contributed by atoms with Crippen LogP contribution in [-0.2, 0) is 14.8 Å². The Morgan fingerprint density at radius 3 is 2.65 bits per heavy atom. The molecule has 1 aromatic carbocycles. The summed E-state index contributed by atoms with van der Waals surface area (Å²) < 4.78 is 31.6. The topological polar surface area (TPSA) is 105 Å². The van der Waals surface area contributed by atoms with Gasteiger partial charge >= 0.3 is 0 Å². The maximum Gasteiger partial charge on any atom is 0.235 e. The van der Waals surface area contributed by atoms with Crippen LogP contribution in [-0.4, -0.2) is 32.7 Å². The number of aryl methyl sites for hydroxylation is 1. The van der Waals surface area contributed by atoms with Crippen molar-refractivity contribution in [2.45, 2.75) is 26.9 Å². The third kappa shape index (κ3) is 4.82. The Labute approximate surface area is 119 Å². The highest BCUT2D eigenvalue weighted by Gasteiger charge is 2.15. The van der Waals surface area contributed by atoms with E-state index in [-0.39, 0.29) is 24.3 Å². The molecule has 0 aliphatic carbocycles. The maximum absolute atomic E-state index is 12.0. The van der Waals surface area contributed by atoms with Crippen LogP contribution in [0.15, 0.2) is 18.2 Å². The maximum atomic E-state index is 12.0. The quantitative estimate of drug-likeness (QED) is 0.523. The zero-order valence-corrected chi connectivity index (χ0v) is 12.8. The van der Waals surface area contributed by atoms with E-state index < -0.39 is 10.0 Å². The lowest BCUT2D eigenvalue weighted by atomic mass is 10.1. The van der Waals surface area contributed by atoms with Crippen molar-refractivity contribution in [2.24, 2.45) is 5.73 Å². The fraction of sp³-hybridized carbons (Fsp3) is 0.462. The van der Waals surface area contributed by atoms with Crippen molar-refractivity contribution in [1.29, 1.82) is 5.41 Å². The van der Waals surface area contributed by atoms with Gasteiger partial charge in [0.1, 0.15) is 5.84 Å². The van der Waals surface area contributed by atoms with E-state index in [1.165, 1.54) is 0 Å². The van der Waals surface area contributed by atoms with Gasteiger partial charge in [0, 0.05) is 5.56 Å². The van der Waals surface area contributed by atoms with E-state index in [2.05, 4.69) is 4.72 Å². The first-order valence-electron chi connectivity index (χ1n) is 6.29. The van der Waals surface area contributed by atoms with E-state index in [0.717, 1.165) is 5.56 Å². The van der Waals surface area contributed by atoms with Crippen LogP contribution in [0.5, 0.6) is 0 Å². The first-order valence-corrected chi connectivity index (χ1v) is 7.94.